The van der Waals surface area contributed by atoms with Crippen molar-refractivity contribution in [2.24, 2.45) is 0 Å². The third-order valence-electron chi connectivity index (χ3n) is 6.11. The molecule has 14 heteroatoms. The molecule has 0 bridgehead atoms. The van der Waals surface area contributed by atoms with Crippen molar-refractivity contribution in [1.29, 1.82) is 0 Å². The lowest BCUT2D eigenvalue weighted by Crippen LogP contribution is -2.45. The standard InChI is InChI=1S/C23H28ClN7O5S/c1-28-6-8-29(9-7-28)5-4-25-23-15-13-26-21(24)12-16(15)30(27-23)17-11-20(37-14-22(32)36-3)18(31(33)34)10-19(17)35-2/h10-13H,4-9,14H2,1-3H3,(H,25,27). The molecule has 0 unspecified atom stereocenters. The molecule has 1 saturated heterocycles. The summed E-state index contributed by atoms with van der Waals surface area (Å²) in [4.78, 5) is 32.1. The Morgan fingerprint density at radius 2 is 2.00 bits per heavy atom. The first kappa shape index (κ1) is 26.9. The van der Waals surface area contributed by atoms with Gasteiger partial charge in [-0.15, -0.1) is 16.9 Å². The number of anilines is 1. The Hall–Kier alpha value is -3.13. The number of nitro benzene ring substituents is 1. The summed E-state index contributed by atoms with van der Waals surface area (Å²) in [5, 5.41) is 20.9. The van der Waals surface area contributed by atoms with Crippen molar-refractivity contribution in [2.75, 3.05) is 71.6 Å². The molecule has 2 aromatic heterocycles. The minimum absolute atomic E-state index is 0.0855. The van der Waals surface area contributed by atoms with Crippen LogP contribution in [-0.2, 0) is 9.53 Å². The van der Waals surface area contributed by atoms with Gasteiger partial charge >= 0.3 is 5.97 Å². The highest BCUT2D eigenvalue weighted by Crippen LogP contribution is 2.39. The summed E-state index contributed by atoms with van der Waals surface area (Å²) in [7, 11) is 4.82. The number of ether oxygens (including phenoxy) is 2. The number of likely N-dealkylation sites (N-methyl/N-ethyl adjacent to an activating group) is 1. The van der Waals surface area contributed by atoms with Crippen LogP contribution in [-0.4, -0.2) is 102 Å². The van der Waals surface area contributed by atoms with Crippen LogP contribution in [0.15, 0.2) is 29.3 Å². The number of piperazine rings is 1. The zero-order valence-corrected chi connectivity index (χ0v) is 22.3. The lowest BCUT2D eigenvalue weighted by molar-refractivity contribution is -0.387. The van der Waals surface area contributed by atoms with Crippen molar-refractivity contribution in [3.63, 3.8) is 0 Å². The Morgan fingerprint density at radius 3 is 2.68 bits per heavy atom. The third-order valence-corrected chi connectivity index (χ3v) is 7.33. The Bertz CT molecular complexity index is 1300. The molecular weight excluding hydrogens is 522 g/mol. The van der Waals surface area contributed by atoms with Crippen LogP contribution < -0.4 is 10.1 Å². The van der Waals surface area contributed by atoms with Gasteiger partial charge in [-0.3, -0.25) is 19.8 Å². The number of esters is 1. The number of thioether (sulfide) groups is 1. The van der Waals surface area contributed by atoms with Gasteiger partial charge in [-0.1, -0.05) is 11.6 Å². The second kappa shape index (κ2) is 11.9. The quantitative estimate of drug-likeness (QED) is 0.132. The number of aromatic nitrogens is 3. The Labute approximate surface area is 223 Å². The molecule has 0 aliphatic carbocycles. The van der Waals surface area contributed by atoms with Crippen molar-refractivity contribution in [3.8, 4) is 11.4 Å². The number of benzene rings is 1. The zero-order chi connectivity index (χ0) is 26.5. The molecule has 1 aliphatic heterocycles. The summed E-state index contributed by atoms with van der Waals surface area (Å²) in [5.74, 6) is 0.274. The number of hydrogen-bond acceptors (Lipinski definition) is 11. The fourth-order valence-electron chi connectivity index (χ4n) is 4.03. The van der Waals surface area contributed by atoms with E-state index in [0.717, 1.165) is 49.9 Å². The number of pyridine rings is 1. The van der Waals surface area contributed by atoms with E-state index in [4.69, 9.17) is 21.4 Å². The van der Waals surface area contributed by atoms with Crippen LogP contribution in [0.2, 0.25) is 5.15 Å². The molecule has 0 saturated carbocycles. The first-order valence-electron chi connectivity index (χ1n) is 11.6. The number of halogens is 1. The zero-order valence-electron chi connectivity index (χ0n) is 20.8. The number of carbonyl (C=O) groups excluding carboxylic acids is 1. The van der Waals surface area contributed by atoms with Gasteiger partial charge in [0.1, 0.15) is 10.8 Å². The molecule has 0 radical (unpaired) electrons. The molecule has 1 aromatic carbocycles. The van der Waals surface area contributed by atoms with Crippen LogP contribution in [0, 0.1) is 10.1 Å². The highest BCUT2D eigenvalue weighted by Gasteiger charge is 2.24. The number of nitro groups is 1. The van der Waals surface area contributed by atoms with E-state index < -0.39 is 10.9 Å². The lowest BCUT2D eigenvalue weighted by Gasteiger charge is -2.32. The number of carbonyl (C=O) groups is 1. The lowest BCUT2D eigenvalue weighted by atomic mass is 10.2. The maximum atomic E-state index is 11.7. The summed E-state index contributed by atoms with van der Waals surface area (Å²) in [6, 6.07) is 4.59. The molecule has 3 aromatic rings. The van der Waals surface area contributed by atoms with Gasteiger partial charge in [-0.2, -0.15) is 0 Å². The van der Waals surface area contributed by atoms with Crippen LogP contribution in [0.4, 0.5) is 11.5 Å². The van der Waals surface area contributed by atoms with Crippen molar-refractivity contribution in [1.82, 2.24) is 24.6 Å². The first-order chi connectivity index (χ1) is 17.8. The molecule has 12 nitrogen and oxygen atoms in total. The van der Waals surface area contributed by atoms with Gasteiger partial charge in [0, 0.05) is 51.5 Å². The normalized spacial score (nSPS) is 14.6. The fraction of sp³-hybridized carbons (Fsp3) is 0.435. The SMILES string of the molecule is COC(=O)CSc1cc(-n2nc(NCCN3CCN(C)CC3)c3cnc(Cl)cc32)c(OC)cc1[N+](=O)[O-]. The van der Waals surface area contributed by atoms with Crippen LogP contribution in [0.1, 0.15) is 0 Å². The van der Waals surface area contributed by atoms with Crippen molar-refractivity contribution < 1.29 is 19.2 Å². The Balaban J connectivity index is 1.69. The van der Waals surface area contributed by atoms with Gasteiger partial charge in [0.25, 0.3) is 5.69 Å². The van der Waals surface area contributed by atoms with Gasteiger partial charge in [-0.05, 0) is 13.1 Å². The molecule has 37 heavy (non-hydrogen) atoms. The number of nitrogens with zero attached hydrogens (tertiary/aromatic N) is 6. The highest BCUT2D eigenvalue weighted by atomic mass is 35.5. The topological polar surface area (TPSA) is 128 Å². The monoisotopic (exact) mass is 549 g/mol. The van der Waals surface area contributed by atoms with Gasteiger partial charge in [0.05, 0.1) is 46.8 Å². The maximum Gasteiger partial charge on any atom is 0.315 e. The minimum atomic E-state index is -0.515. The van der Waals surface area contributed by atoms with E-state index in [2.05, 4.69) is 31.9 Å². The number of rotatable bonds is 10. The van der Waals surface area contributed by atoms with Crippen LogP contribution in [0.25, 0.3) is 16.6 Å². The summed E-state index contributed by atoms with van der Waals surface area (Å²) >= 11 is 7.22. The second-order valence-corrected chi connectivity index (χ2v) is 9.87. The number of nitrogens with one attached hydrogen (secondary N) is 1. The van der Waals surface area contributed by atoms with Crippen molar-refractivity contribution in [3.05, 3.63) is 39.7 Å². The van der Waals surface area contributed by atoms with E-state index in [0.29, 0.717) is 23.6 Å². The predicted octanol–water partition coefficient (Wildman–Crippen LogP) is 2.92. The Kier molecular flexibility index (Phi) is 8.69. The number of fused-ring (bicyclic) bond motifs is 1. The Morgan fingerprint density at radius 1 is 1.24 bits per heavy atom. The average Bonchev–Trinajstić information content (AvgIpc) is 3.24. The molecule has 3 heterocycles. The largest absolute Gasteiger partial charge is 0.494 e. The first-order valence-corrected chi connectivity index (χ1v) is 12.9. The summed E-state index contributed by atoms with van der Waals surface area (Å²) in [5.41, 5.74) is 0.925. The van der Waals surface area contributed by atoms with E-state index in [-0.39, 0.29) is 27.2 Å². The highest BCUT2D eigenvalue weighted by molar-refractivity contribution is 8.00. The summed E-state index contributed by atoms with van der Waals surface area (Å²) in [6.45, 7) is 5.63. The second-order valence-electron chi connectivity index (χ2n) is 8.47. The fourth-order valence-corrected chi connectivity index (χ4v) is 5.04. The van der Waals surface area contributed by atoms with Gasteiger partial charge < -0.3 is 19.7 Å². The van der Waals surface area contributed by atoms with Crippen molar-refractivity contribution >= 4 is 51.7 Å². The van der Waals surface area contributed by atoms with Gasteiger partial charge in [-0.25, -0.2) is 9.67 Å². The molecule has 1 N–H and O–H groups in total. The molecular formula is C23H28ClN7O5S. The van der Waals surface area contributed by atoms with Crippen LogP contribution in [0.5, 0.6) is 5.75 Å². The van der Waals surface area contributed by atoms with E-state index >= 15 is 0 Å². The van der Waals surface area contributed by atoms with Crippen molar-refractivity contribution in [2.45, 2.75) is 4.90 Å². The minimum Gasteiger partial charge on any atom is -0.494 e. The van der Waals surface area contributed by atoms with Crippen LogP contribution in [0.3, 0.4) is 0 Å². The molecule has 0 spiro atoms. The van der Waals surface area contributed by atoms with Gasteiger partial charge in [0.2, 0.25) is 0 Å². The van der Waals surface area contributed by atoms with E-state index in [1.54, 1.807) is 23.0 Å². The maximum absolute atomic E-state index is 11.7. The molecule has 1 fully saturated rings. The molecule has 4 rings (SSSR count). The average molecular weight is 550 g/mol. The third kappa shape index (κ3) is 6.24. The van der Waals surface area contributed by atoms with Gasteiger partial charge in [0.15, 0.2) is 11.6 Å². The molecule has 0 atom stereocenters. The number of hydrogen-bond donors (Lipinski definition) is 1. The molecule has 1 aliphatic rings. The number of methoxy groups -OCH3 is 2. The molecule has 0 amide bonds. The van der Waals surface area contributed by atoms with E-state index in [1.165, 1.54) is 20.3 Å². The summed E-state index contributed by atoms with van der Waals surface area (Å²) in [6.07, 6.45) is 1.64. The van der Waals surface area contributed by atoms with Crippen LogP contribution >= 0.6 is 23.4 Å². The van der Waals surface area contributed by atoms with E-state index in [9.17, 15) is 14.9 Å². The van der Waals surface area contributed by atoms with E-state index in [1.807, 2.05) is 0 Å². The predicted molar refractivity (Wildman–Crippen MR) is 142 cm³/mol. The summed E-state index contributed by atoms with van der Waals surface area (Å²) < 4.78 is 11.8. The smallest absolute Gasteiger partial charge is 0.315 e. The molecule has 198 valence electrons.